The van der Waals surface area contributed by atoms with E-state index < -0.39 is 0 Å². The van der Waals surface area contributed by atoms with Crippen molar-refractivity contribution in [3.63, 3.8) is 0 Å². The van der Waals surface area contributed by atoms with Gasteiger partial charge < -0.3 is 10.6 Å². The average Bonchev–Trinajstić information content (AvgIpc) is 2.61. The number of carbonyl (C=O) groups is 1. The van der Waals surface area contributed by atoms with E-state index in [0.717, 1.165) is 33.6 Å². The highest BCUT2D eigenvalue weighted by Gasteiger charge is 2.10. The third-order valence-corrected chi connectivity index (χ3v) is 4.17. The second-order valence-corrected chi connectivity index (χ2v) is 6.50. The van der Waals surface area contributed by atoms with E-state index in [0.29, 0.717) is 5.82 Å². The Balaban J connectivity index is 1.72. The van der Waals surface area contributed by atoms with Gasteiger partial charge in [0.1, 0.15) is 11.5 Å². The van der Waals surface area contributed by atoms with Crippen LogP contribution in [0.5, 0.6) is 0 Å². The molecule has 5 nitrogen and oxygen atoms in total. The average molecular weight is 346 g/mol. The van der Waals surface area contributed by atoms with Crippen molar-refractivity contribution < 1.29 is 4.79 Å². The maximum absolute atomic E-state index is 12.4. The lowest BCUT2D eigenvalue weighted by atomic mass is 10.1. The highest BCUT2D eigenvalue weighted by Crippen LogP contribution is 2.20. The predicted octanol–water partition coefficient (Wildman–Crippen LogP) is 4.71. The Morgan fingerprint density at radius 2 is 1.54 bits per heavy atom. The Morgan fingerprint density at radius 1 is 0.808 bits per heavy atom. The van der Waals surface area contributed by atoms with E-state index in [1.807, 2.05) is 45.9 Å². The smallest absolute Gasteiger partial charge is 0.275 e. The highest BCUT2D eigenvalue weighted by molar-refractivity contribution is 6.03. The van der Waals surface area contributed by atoms with Gasteiger partial charge in [0, 0.05) is 11.4 Å². The minimum Gasteiger partial charge on any atom is -0.339 e. The van der Waals surface area contributed by atoms with E-state index in [2.05, 4.69) is 38.8 Å². The van der Waals surface area contributed by atoms with Crippen LogP contribution in [0.3, 0.4) is 0 Å². The number of nitrogens with one attached hydrogen (secondary N) is 2. The largest absolute Gasteiger partial charge is 0.339 e. The van der Waals surface area contributed by atoms with Crippen molar-refractivity contribution in [1.82, 2.24) is 9.97 Å². The summed E-state index contributed by atoms with van der Waals surface area (Å²) < 4.78 is 0. The Bertz CT molecular complexity index is 949. The minimum absolute atomic E-state index is 0.275. The molecule has 5 heteroatoms. The van der Waals surface area contributed by atoms with Crippen LogP contribution in [-0.4, -0.2) is 15.9 Å². The molecular formula is C21H22N4O. The molecule has 1 aromatic heterocycles. The maximum atomic E-state index is 12.4. The summed E-state index contributed by atoms with van der Waals surface area (Å²) in [5, 5.41) is 6.12. The maximum Gasteiger partial charge on any atom is 0.275 e. The van der Waals surface area contributed by atoms with Crippen LogP contribution in [0.1, 0.15) is 32.7 Å². The first-order chi connectivity index (χ1) is 12.4. The summed E-state index contributed by atoms with van der Waals surface area (Å²) in [6.45, 7) is 8.05. The molecule has 1 heterocycles. The van der Waals surface area contributed by atoms with Crippen molar-refractivity contribution in [1.29, 1.82) is 0 Å². The van der Waals surface area contributed by atoms with Crippen molar-refractivity contribution in [2.45, 2.75) is 27.7 Å². The Kier molecular flexibility index (Phi) is 4.98. The van der Waals surface area contributed by atoms with Crippen molar-refractivity contribution >= 4 is 23.1 Å². The molecule has 0 saturated heterocycles. The zero-order valence-electron chi connectivity index (χ0n) is 15.4. The van der Waals surface area contributed by atoms with E-state index in [4.69, 9.17) is 0 Å². The van der Waals surface area contributed by atoms with Gasteiger partial charge >= 0.3 is 0 Å². The number of carbonyl (C=O) groups excluding carboxylic acids is 1. The lowest BCUT2D eigenvalue weighted by Gasteiger charge is -2.11. The van der Waals surface area contributed by atoms with Gasteiger partial charge in [-0.25, -0.2) is 9.97 Å². The molecule has 0 aliphatic rings. The molecule has 0 atom stereocenters. The van der Waals surface area contributed by atoms with Crippen LogP contribution in [0.25, 0.3) is 0 Å². The van der Waals surface area contributed by atoms with Crippen LogP contribution in [0.4, 0.5) is 17.2 Å². The summed E-state index contributed by atoms with van der Waals surface area (Å²) in [4.78, 5) is 20.9. The fourth-order valence-electron chi connectivity index (χ4n) is 2.66. The molecule has 1 amide bonds. The van der Waals surface area contributed by atoms with Gasteiger partial charge in [-0.2, -0.15) is 0 Å². The molecular weight excluding hydrogens is 324 g/mol. The fourth-order valence-corrected chi connectivity index (χ4v) is 2.66. The number of amides is 1. The van der Waals surface area contributed by atoms with Crippen molar-refractivity contribution in [3.8, 4) is 0 Å². The molecule has 0 spiro atoms. The molecule has 132 valence electrons. The molecule has 0 aliphatic carbocycles. The van der Waals surface area contributed by atoms with Crippen molar-refractivity contribution in [2.24, 2.45) is 0 Å². The SMILES string of the molecule is Cc1ccc(NC(=O)c2cnc(Nc3cc(C)ccc3C)cn2)c(C)c1. The van der Waals surface area contributed by atoms with Gasteiger partial charge in [0.05, 0.1) is 12.4 Å². The number of benzene rings is 2. The van der Waals surface area contributed by atoms with Gasteiger partial charge in [-0.3, -0.25) is 4.79 Å². The van der Waals surface area contributed by atoms with Crippen LogP contribution in [0, 0.1) is 27.7 Å². The van der Waals surface area contributed by atoms with Gasteiger partial charge in [0.15, 0.2) is 0 Å². The number of nitrogens with zero attached hydrogens (tertiary/aromatic N) is 2. The van der Waals surface area contributed by atoms with Gasteiger partial charge in [-0.15, -0.1) is 0 Å². The normalized spacial score (nSPS) is 10.5. The summed E-state index contributed by atoms with van der Waals surface area (Å²) in [5.41, 5.74) is 6.48. The molecule has 2 aromatic carbocycles. The topological polar surface area (TPSA) is 66.9 Å². The van der Waals surface area contributed by atoms with Crippen molar-refractivity contribution in [3.05, 3.63) is 76.7 Å². The summed E-state index contributed by atoms with van der Waals surface area (Å²) in [7, 11) is 0. The second kappa shape index (κ2) is 7.35. The first-order valence-electron chi connectivity index (χ1n) is 8.47. The van der Waals surface area contributed by atoms with Gasteiger partial charge in [0.25, 0.3) is 5.91 Å². The molecule has 0 saturated carbocycles. The van der Waals surface area contributed by atoms with E-state index in [-0.39, 0.29) is 11.6 Å². The van der Waals surface area contributed by atoms with Crippen LogP contribution < -0.4 is 10.6 Å². The van der Waals surface area contributed by atoms with Gasteiger partial charge in [-0.1, -0.05) is 29.8 Å². The number of aryl methyl sites for hydroxylation is 4. The Hall–Kier alpha value is -3.21. The zero-order chi connectivity index (χ0) is 18.7. The van der Waals surface area contributed by atoms with E-state index in [9.17, 15) is 4.79 Å². The van der Waals surface area contributed by atoms with Crippen molar-refractivity contribution in [2.75, 3.05) is 10.6 Å². The monoisotopic (exact) mass is 346 g/mol. The molecule has 0 aliphatic heterocycles. The Morgan fingerprint density at radius 3 is 2.23 bits per heavy atom. The minimum atomic E-state index is -0.275. The van der Waals surface area contributed by atoms with E-state index in [1.165, 1.54) is 6.20 Å². The first-order valence-corrected chi connectivity index (χ1v) is 8.47. The third kappa shape index (κ3) is 4.06. The zero-order valence-corrected chi connectivity index (χ0v) is 15.4. The molecule has 0 fully saturated rings. The predicted molar refractivity (Wildman–Crippen MR) is 105 cm³/mol. The molecule has 3 rings (SSSR count). The van der Waals surface area contributed by atoms with Crippen LogP contribution >= 0.6 is 0 Å². The third-order valence-electron chi connectivity index (χ3n) is 4.17. The Labute approximate surface area is 153 Å². The summed E-state index contributed by atoms with van der Waals surface area (Å²) in [5.74, 6) is 0.324. The molecule has 0 bridgehead atoms. The van der Waals surface area contributed by atoms with Crippen LogP contribution in [0.15, 0.2) is 48.8 Å². The number of rotatable bonds is 4. The number of hydrogen-bond acceptors (Lipinski definition) is 4. The number of hydrogen-bond donors (Lipinski definition) is 2. The molecule has 0 radical (unpaired) electrons. The van der Waals surface area contributed by atoms with Gasteiger partial charge in [0.2, 0.25) is 0 Å². The second-order valence-electron chi connectivity index (χ2n) is 6.50. The number of aromatic nitrogens is 2. The quantitative estimate of drug-likeness (QED) is 0.718. The molecule has 26 heavy (non-hydrogen) atoms. The summed E-state index contributed by atoms with van der Waals surface area (Å²) in [6, 6.07) is 12.1. The van der Waals surface area contributed by atoms with E-state index >= 15 is 0 Å². The summed E-state index contributed by atoms with van der Waals surface area (Å²) >= 11 is 0. The fraction of sp³-hybridized carbons (Fsp3) is 0.190. The highest BCUT2D eigenvalue weighted by atomic mass is 16.1. The van der Waals surface area contributed by atoms with Gasteiger partial charge in [-0.05, 0) is 56.5 Å². The standard InChI is InChI=1S/C21H22N4O/c1-13-6-8-17(16(4)9-13)25-21(26)19-11-23-20(12-22-19)24-18-10-14(2)5-7-15(18)3/h5-12H,1-4H3,(H,23,24)(H,25,26). The molecule has 3 aromatic rings. The molecule has 0 unspecified atom stereocenters. The lowest BCUT2D eigenvalue weighted by Crippen LogP contribution is -2.15. The lowest BCUT2D eigenvalue weighted by molar-refractivity contribution is 0.102. The summed E-state index contributed by atoms with van der Waals surface area (Å²) in [6.07, 6.45) is 3.05. The van der Waals surface area contributed by atoms with Crippen LogP contribution in [0.2, 0.25) is 0 Å². The molecule has 2 N–H and O–H groups in total. The number of anilines is 3. The van der Waals surface area contributed by atoms with Crippen LogP contribution in [-0.2, 0) is 0 Å². The first kappa shape index (κ1) is 17.6. The van der Waals surface area contributed by atoms with E-state index in [1.54, 1.807) is 6.20 Å².